The lowest BCUT2D eigenvalue weighted by Gasteiger charge is -2.11. The van der Waals surface area contributed by atoms with Crippen molar-refractivity contribution in [2.45, 2.75) is 32.2 Å². The summed E-state index contributed by atoms with van der Waals surface area (Å²) < 4.78 is 0. The Bertz CT molecular complexity index is 886. The summed E-state index contributed by atoms with van der Waals surface area (Å²) in [4.78, 5) is 27.3. The van der Waals surface area contributed by atoms with E-state index >= 15 is 0 Å². The summed E-state index contributed by atoms with van der Waals surface area (Å²) in [6.45, 7) is 5.75. The molecule has 0 aliphatic heterocycles. The summed E-state index contributed by atoms with van der Waals surface area (Å²) in [7, 11) is 0. The summed E-state index contributed by atoms with van der Waals surface area (Å²) in [6, 6.07) is 8.17. The number of carboxylic acids is 1. The highest BCUT2D eigenvalue weighted by Gasteiger charge is 2.13. The van der Waals surface area contributed by atoms with Crippen molar-refractivity contribution in [1.82, 2.24) is 4.98 Å². The minimum Gasteiger partial charge on any atom is -0.478 e. The molecule has 1 aromatic heterocycles. The van der Waals surface area contributed by atoms with Gasteiger partial charge < -0.3 is 10.4 Å². The molecule has 0 aliphatic rings. The number of nitrogens with one attached hydrogen (secondary N) is 1. The van der Waals surface area contributed by atoms with E-state index in [9.17, 15) is 14.9 Å². The zero-order valence-electron chi connectivity index (χ0n) is 14.8. The Morgan fingerprint density at radius 1 is 1.19 bits per heavy atom. The minimum atomic E-state index is -1.01. The smallest absolute Gasteiger partial charge is 0.335 e. The Labute approximate surface area is 156 Å². The number of thioether (sulfide) groups is 1. The lowest BCUT2D eigenvalue weighted by Crippen LogP contribution is -2.12. The fraction of sp³-hybridized carbons (Fsp3) is 0.263. The molecule has 1 aromatic carbocycles. The molecular formula is C19H19N3O3S. The molecule has 7 heteroatoms. The van der Waals surface area contributed by atoms with Crippen LogP contribution in [0.4, 0.5) is 5.69 Å². The first-order valence-corrected chi connectivity index (χ1v) is 8.96. The number of anilines is 1. The lowest BCUT2D eigenvalue weighted by atomic mass is 10.1. The van der Waals surface area contributed by atoms with Gasteiger partial charge in [0.2, 0.25) is 5.91 Å². The molecule has 26 heavy (non-hydrogen) atoms. The maximum absolute atomic E-state index is 12.0. The Balaban J connectivity index is 1.95. The van der Waals surface area contributed by atoms with Crippen LogP contribution in [0.25, 0.3) is 0 Å². The van der Waals surface area contributed by atoms with Crippen LogP contribution < -0.4 is 5.32 Å². The number of nitriles is 1. The number of aromatic nitrogens is 1. The van der Waals surface area contributed by atoms with Crippen LogP contribution in [-0.2, 0) is 4.79 Å². The van der Waals surface area contributed by atoms with Crippen LogP contribution in [0.3, 0.4) is 0 Å². The number of amides is 1. The molecule has 134 valence electrons. The van der Waals surface area contributed by atoms with Crippen LogP contribution in [0.5, 0.6) is 0 Å². The highest BCUT2D eigenvalue weighted by molar-refractivity contribution is 7.99. The molecule has 6 nitrogen and oxygen atoms in total. The number of benzene rings is 1. The standard InChI is InChI=1S/C19H19N3O3S/c1-11-12(2)16(10-20)18(21-13(11)3)26-9-8-17(23)22-15-6-4-14(5-7-15)19(24)25/h4-7H,8-9H2,1-3H3,(H,22,23)(H,24,25). The largest absolute Gasteiger partial charge is 0.478 e. The van der Waals surface area contributed by atoms with Crippen molar-refractivity contribution in [3.63, 3.8) is 0 Å². The molecular weight excluding hydrogens is 350 g/mol. The molecule has 2 aromatic rings. The van der Waals surface area contributed by atoms with E-state index in [1.165, 1.54) is 23.9 Å². The Kier molecular flexibility index (Phi) is 6.36. The fourth-order valence-corrected chi connectivity index (χ4v) is 3.33. The zero-order chi connectivity index (χ0) is 19.3. The molecule has 0 radical (unpaired) electrons. The van der Waals surface area contributed by atoms with Gasteiger partial charge in [-0.25, -0.2) is 9.78 Å². The number of carboxylic acid groups (broad SMARTS) is 1. The van der Waals surface area contributed by atoms with Crippen LogP contribution in [0, 0.1) is 32.1 Å². The van der Waals surface area contributed by atoms with E-state index in [-0.39, 0.29) is 17.9 Å². The second-order valence-corrected chi connectivity index (χ2v) is 6.85. The number of hydrogen-bond donors (Lipinski definition) is 2. The van der Waals surface area contributed by atoms with Gasteiger partial charge in [0.05, 0.1) is 11.1 Å². The molecule has 0 saturated heterocycles. The maximum Gasteiger partial charge on any atom is 0.335 e. The van der Waals surface area contributed by atoms with Crippen molar-refractivity contribution in [2.24, 2.45) is 0 Å². The van der Waals surface area contributed by atoms with Crippen LogP contribution in [-0.4, -0.2) is 27.7 Å². The third-order valence-corrected chi connectivity index (χ3v) is 5.04. The Morgan fingerprint density at radius 2 is 1.85 bits per heavy atom. The SMILES string of the molecule is Cc1nc(SCCC(=O)Nc2ccc(C(=O)O)cc2)c(C#N)c(C)c1C. The van der Waals surface area contributed by atoms with Gasteiger partial charge in [-0.15, -0.1) is 11.8 Å². The average molecular weight is 369 g/mol. The van der Waals surface area contributed by atoms with Crippen LogP contribution in [0.15, 0.2) is 29.3 Å². The maximum atomic E-state index is 12.0. The predicted octanol–water partition coefficient (Wildman–Crippen LogP) is 3.70. The van der Waals surface area contributed by atoms with Crippen molar-refractivity contribution in [3.8, 4) is 6.07 Å². The summed E-state index contributed by atoms with van der Waals surface area (Å²) >= 11 is 1.38. The monoisotopic (exact) mass is 369 g/mol. The van der Waals surface area contributed by atoms with Gasteiger partial charge in [-0.2, -0.15) is 5.26 Å². The summed E-state index contributed by atoms with van der Waals surface area (Å²) in [5.74, 6) is -0.703. The van der Waals surface area contributed by atoms with Crippen molar-refractivity contribution < 1.29 is 14.7 Å². The molecule has 0 aliphatic carbocycles. The molecule has 0 bridgehead atoms. The fourth-order valence-electron chi connectivity index (χ4n) is 2.31. The van der Waals surface area contributed by atoms with E-state index in [0.717, 1.165) is 16.8 Å². The second-order valence-electron chi connectivity index (χ2n) is 5.77. The number of nitrogens with zero attached hydrogens (tertiary/aromatic N) is 2. The predicted molar refractivity (Wildman–Crippen MR) is 101 cm³/mol. The van der Waals surface area contributed by atoms with Gasteiger partial charge in [-0.1, -0.05) is 0 Å². The number of pyridine rings is 1. The highest BCUT2D eigenvalue weighted by atomic mass is 32.2. The number of aryl methyl sites for hydroxylation is 1. The summed E-state index contributed by atoms with van der Waals surface area (Å²) in [6.07, 6.45) is 0.254. The van der Waals surface area contributed by atoms with Gasteiger partial charge in [-0.3, -0.25) is 4.79 Å². The summed E-state index contributed by atoms with van der Waals surface area (Å²) in [5.41, 5.74) is 4.08. The van der Waals surface area contributed by atoms with Crippen molar-refractivity contribution in [3.05, 3.63) is 52.2 Å². The van der Waals surface area contributed by atoms with Crippen molar-refractivity contribution >= 4 is 29.3 Å². The molecule has 0 atom stereocenters. The first-order valence-electron chi connectivity index (χ1n) is 7.97. The highest BCUT2D eigenvalue weighted by Crippen LogP contribution is 2.26. The van der Waals surface area contributed by atoms with Crippen LogP contribution in [0.1, 0.15) is 39.2 Å². The second kappa shape index (κ2) is 8.50. The zero-order valence-corrected chi connectivity index (χ0v) is 15.6. The lowest BCUT2D eigenvalue weighted by molar-refractivity contribution is -0.115. The van der Waals surface area contributed by atoms with Crippen molar-refractivity contribution in [2.75, 3.05) is 11.1 Å². The molecule has 0 fully saturated rings. The third-order valence-electron chi connectivity index (χ3n) is 4.06. The van der Waals surface area contributed by atoms with Gasteiger partial charge in [-0.05, 0) is 56.2 Å². The Morgan fingerprint density at radius 3 is 2.42 bits per heavy atom. The van der Waals surface area contributed by atoms with Gasteiger partial charge in [0.1, 0.15) is 11.1 Å². The first-order chi connectivity index (χ1) is 12.3. The van der Waals surface area contributed by atoms with E-state index in [1.807, 2.05) is 20.8 Å². The van der Waals surface area contributed by atoms with Crippen LogP contribution in [0.2, 0.25) is 0 Å². The average Bonchev–Trinajstić information content (AvgIpc) is 2.60. The number of carbonyl (C=O) groups is 2. The third kappa shape index (κ3) is 4.61. The Hall–Kier alpha value is -2.85. The van der Waals surface area contributed by atoms with E-state index in [0.29, 0.717) is 22.0 Å². The van der Waals surface area contributed by atoms with E-state index in [2.05, 4.69) is 16.4 Å². The molecule has 2 N–H and O–H groups in total. The van der Waals surface area contributed by atoms with Gasteiger partial charge in [0, 0.05) is 23.6 Å². The van der Waals surface area contributed by atoms with E-state index < -0.39 is 5.97 Å². The number of rotatable bonds is 6. The number of hydrogen-bond acceptors (Lipinski definition) is 5. The molecule has 0 saturated carbocycles. The molecule has 1 amide bonds. The molecule has 0 unspecified atom stereocenters. The molecule has 0 spiro atoms. The van der Waals surface area contributed by atoms with E-state index in [1.54, 1.807) is 12.1 Å². The van der Waals surface area contributed by atoms with Crippen LogP contribution >= 0.6 is 11.8 Å². The van der Waals surface area contributed by atoms with Gasteiger partial charge in [0.15, 0.2) is 0 Å². The molecule has 1 heterocycles. The van der Waals surface area contributed by atoms with Crippen molar-refractivity contribution in [1.29, 1.82) is 5.26 Å². The van der Waals surface area contributed by atoms with Gasteiger partial charge in [0.25, 0.3) is 0 Å². The van der Waals surface area contributed by atoms with E-state index in [4.69, 9.17) is 5.11 Å². The normalized spacial score (nSPS) is 10.2. The summed E-state index contributed by atoms with van der Waals surface area (Å²) in [5, 5.41) is 21.6. The number of carbonyl (C=O) groups excluding carboxylic acids is 1. The topological polar surface area (TPSA) is 103 Å². The quantitative estimate of drug-likeness (QED) is 0.753. The minimum absolute atomic E-state index is 0.166. The number of aromatic carboxylic acids is 1. The molecule has 2 rings (SSSR count). The first kappa shape index (κ1) is 19.5. The van der Waals surface area contributed by atoms with Gasteiger partial charge >= 0.3 is 5.97 Å².